The third-order valence-corrected chi connectivity index (χ3v) is 4.76. The van der Waals surface area contributed by atoms with Crippen LogP contribution in [0.1, 0.15) is 38.8 Å². The summed E-state index contributed by atoms with van der Waals surface area (Å²) in [6.45, 7) is 10.4. The van der Waals surface area contributed by atoms with Crippen LogP contribution in [0.2, 0.25) is 0 Å². The number of unbranched alkanes of at least 4 members (excludes halogenated alkanes) is 1. The normalized spacial score (nSPS) is 21.1. The van der Waals surface area contributed by atoms with Crippen molar-refractivity contribution in [2.24, 2.45) is 16.8 Å². The van der Waals surface area contributed by atoms with E-state index in [1.165, 1.54) is 38.9 Å². The van der Waals surface area contributed by atoms with Crippen LogP contribution in [0.3, 0.4) is 0 Å². The Morgan fingerprint density at radius 3 is 2.54 bits per heavy atom. The second-order valence-corrected chi connectivity index (χ2v) is 7.41. The Morgan fingerprint density at radius 2 is 1.88 bits per heavy atom. The predicted octanol–water partition coefficient (Wildman–Crippen LogP) is 3.17. The van der Waals surface area contributed by atoms with Crippen LogP contribution in [0, 0.1) is 11.8 Å². The Hall–Kier alpha value is -0.890. The minimum atomic E-state index is 0. The average Bonchev–Trinajstić information content (AvgIpc) is 2.60. The van der Waals surface area contributed by atoms with E-state index >= 15 is 0 Å². The molecular weight excluding hydrogens is 437 g/mol. The minimum absolute atomic E-state index is 0. The zero-order valence-corrected chi connectivity index (χ0v) is 18.9. The molecule has 2 atom stereocenters. The van der Waals surface area contributed by atoms with Crippen molar-refractivity contribution in [3.8, 4) is 0 Å². The molecule has 2 unspecified atom stereocenters. The second-order valence-electron chi connectivity index (χ2n) is 7.41. The van der Waals surface area contributed by atoms with Gasteiger partial charge in [0.1, 0.15) is 0 Å². The van der Waals surface area contributed by atoms with E-state index < -0.39 is 0 Å². The molecule has 0 aliphatic carbocycles. The van der Waals surface area contributed by atoms with Crippen molar-refractivity contribution in [1.82, 2.24) is 20.5 Å². The first-order chi connectivity index (χ1) is 12.2. The van der Waals surface area contributed by atoms with Crippen LogP contribution in [0.5, 0.6) is 0 Å². The smallest absolute Gasteiger partial charge is 0.190 e. The Kier molecular flexibility index (Phi) is 11.8. The van der Waals surface area contributed by atoms with Gasteiger partial charge in [-0.25, -0.2) is 0 Å². The molecule has 1 aliphatic heterocycles. The van der Waals surface area contributed by atoms with Crippen molar-refractivity contribution >= 4 is 29.9 Å². The van der Waals surface area contributed by atoms with Gasteiger partial charge in [0.05, 0.1) is 0 Å². The van der Waals surface area contributed by atoms with Crippen LogP contribution in [0.4, 0.5) is 0 Å². The van der Waals surface area contributed by atoms with Gasteiger partial charge in [-0.2, -0.15) is 0 Å². The van der Waals surface area contributed by atoms with E-state index in [2.05, 4.69) is 45.4 Å². The number of halogens is 1. The lowest BCUT2D eigenvalue weighted by molar-refractivity contribution is 0.139. The van der Waals surface area contributed by atoms with Crippen molar-refractivity contribution in [3.63, 3.8) is 0 Å². The molecule has 1 fully saturated rings. The quantitative estimate of drug-likeness (QED) is 0.264. The monoisotopic (exact) mass is 473 g/mol. The molecule has 2 heterocycles. The molecule has 0 spiro atoms. The fourth-order valence-corrected chi connectivity index (χ4v) is 3.72. The van der Waals surface area contributed by atoms with Crippen LogP contribution in [0.15, 0.2) is 29.4 Å². The van der Waals surface area contributed by atoms with Crippen LogP contribution < -0.4 is 10.6 Å². The molecule has 1 aliphatic rings. The van der Waals surface area contributed by atoms with Gasteiger partial charge < -0.3 is 15.5 Å². The van der Waals surface area contributed by atoms with Crippen molar-refractivity contribution in [1.29, 1.82) is 0 Å². The number of aromatic nitrogens is 1. The highest BCUT2D eigenvalue weighted by Gasteiger charge is 2.20. The van der Waals surface area contributed by atoms with E-state index in [0.29, 0.717) is 0 Å². The zero-order chi connectivity index (χ0) is 17.9. The number of piperidine rings is 1. The molecule has 26 heavy (non-hydrogen) atoms. The molecule has 6 heteroatoms. The first-order valence-corrected chi connectivity index (χ1v) is 9.74. The van der Waals surface area contributed by atoms with Gasteiger partial charge in [0, 0.05) is 51.5 Å². The SMILES string of the molecule is CN=C(NCCCCN1CC(C)CC(C)C1)NCCc1ccccn1.I. The van der Waals surface area contributed by atoms with E-state index in [-0.39, 0.29) is 24.0 Å². The van der Waals surface area contributed by atoms with Crippen LogP contribution in [-0.4, -0.2) is 55.6 Å². The van der Waals surface area contributed by atoms with Crippen LogP contribution in [0.25, 0.3) is 0 Å². The van der Waals surface area contributed by atoms with E-state index in [9.17, 15) is 0 Å². The number of nitrogens with zero attached hydrogens (tertiary/aromatic N) is 3. The third kappa shape index (κ3) is 9.16. The Labute approximate surface area is 176 Å². The molecule has 0 bridgehead atoms. The number of guanidine groups is 1. The molecule has 2 N–H and O–H groups in total. The molecule has 2 rings (SSSR count). The number of nitrogens with one attached hydrogen (secondary N) is 2. The zero-order valence-electron chi connectivity index (χ0n) is 16.6. The lowest BCUT2D eigenvalue weighted by Crippen LogP contribution is -2.40. The summed E-state index contributed by atoms with van der Waals surface area (Å²) >= 11 is 0. The first kappa shape index (κ1) is 23.1. The molecule has 148 valence electrons. The molecule has 0 amide bonds. The topological polar surface area (TPSA) is 52.6 Å². The summed E-state index contributed by atoms with van der Waals surface area (Å²) in [7, 11) is 1.83. The number of pyridine rings is 1. The molecule has 5 nitrogen and oxygen atoms in total. The molecule has 0 aromatic carbocycles. The molecule has 0 saturated carbocycles. The Balaban J connectivity index is 0.00000338. The second kappa shape index (κ2) is 13.3. The maximum atomic E-state index is 4.34. The fraction of sp³-hybridized carbons (Fsp3) is 0.700. The molecule has 1 aromatic rings. The highest BCUT2D eigenvalue weighted by Crippen LogP contribution is 2.20. The average molecular weight is 473 g/mol. The van der Waals surface area contributed by atoms with Gasteiger partial charge in [-0.05, 0) is 49.8 Å². The first-order valence-electron chi connectivity index (χ1n) is 9.74. The highest BCUT2D eigenvalue weighted by atomic mass is 127. The maximum Gasteiger partial charge on any atom is 0.190 e. The molecule has 1 aromatic heterocycles. The molecule has 0 radical (unpaired) electrons. The van der Waals surface area contributed by atoms with E-state index in [4.69, 9.17) is 0 Å². The maximum absolute atomic E-state index is 4.34. The lowest BCUT2D eigenvalue weighted by atomic mass is 9.92. The summed E-state index contributed by atoms with van der Waals surface area (Å²) in [5.74, 6) is 2.59. The summed E-state index contributed by atoms with van der Waals surface area (Å²) in [5, 5.41) is 6.77. The molecule has 1 saturated heterocycles. The van der Waals surface area contributed by atoms with Gasteiger partial charge in [0.15, 0.2) is 5.96 Å². The summed E-state index contributed by atoms with van der Waals surface area (Å²) in [4.78, 5) is 11.3. The third-order valence-electron chi connectivity index (χ3n) is 4.76. The van der Waals surface area contributed by atoms with E-state index in [1.54, 1.807) is 0 Å². The number of likely N-dealkylation sites (tertiary alicyclic amines) is 1. The lowest BCUT2D eigenvalue weighted by Gasteiger charge is -2.34. The van der Waals surface area contributed by atoms with E-state index in [1.807, 2.05) is 25.4 Å². The van der Waals surface area contributed by atoms with Gasteiger partial charge in [0.25, 0.3) is 0 Å². The summed E-state index contributed by atoms with van der Waals surface area (Å²) < 4.78 is 0. The van der Waals surface area contributed by atoms with Crippen molar-refractivity contribution in [3.05, 3.63) is 30.1 Å². The van der Waals surface area contributed by atoms with Crippen molar-refractivity contribution < 1.29 is 0 Å². The van der Waals surface area contributed by atoms with Crippen LogP contribution >= 0.6 is 24.0 Å². The standard InChI is InChI=1S/C20H35N5.HI/c1-17-14-18(2)16-25(15-17)13-7-6-11-23-20(21-3)24-12-9-19-8-4-5-10-22-19;/h4-5,8,10,17-18H,6-7,9,11-16H2,1-3H3,(H2,21,23,24);1H. The number of rotatable bonds is 8. The van der Waals surface area contributed by atoms with Crippen LogP contribution in [-0.2, 0) is 6.42 Å². The highest BCUT2D eigenvalue weighted by molar-refractivity contribution is 14.0. The summed E-state index contributed by atoms with van der Waals surface area (Å²) in [5.41, 5.74) is 1.11. The van der Waals surface area contributed by atoms with Gasteiger partial charge >= 0.3 is 0 Å². The summed E-state index contributed by atoms with van der Waals surface area (Å²) in [6.07, 6.45) is 6.56. The minimum Gasteiger partial charge on any atom is -0.356 e. The number of hydrogen-bond donors (Lipinski definition) is 2. The Bertz CT molecular complexity index is 498. The fourth-order valence-electron chi connectivity index (χ4n) is 3.72. The van der Waals surface area contributed by atoms with E-state index in [0.717, 1.165) is 43.0 Å². The van der Waals surface area contributed by atoms with Gasteiger partial charge in [0.2, 0.25) is 0 Å². The van der Waals surface area contributed by atoms with Gasteiger partial charge in [-0.15, -0.1) is 24.0 Å². The Morgan fingerprint density at radius 1 is 1.15 bits per heavy atom. The van der Waals surface area contributed by atoms with Crippen molar-refractivity contribution in [2.75, 3.05) is 39.8 Å². The van der Waals surface area contributed by atoms with Gasteiger partial charge in [-0.3, -0.25) is 9.98 Å². The number of hydrogen-bond acceptors (Lipinski definition) is 3. The number of aliphatic imine (C=N–C) groups is 1. The summed E-state index contributed by atoms with van der Waals surface area (Å²) in [6, 6.07) is 6.03. The van der Waals surface area contributed by atoms with Crippen molar-refractivity contribution in [2.45, 2.75) is 39.5 Å². The van der Waals surface area contributed by atoms with Gasteiger partial charge in [-0.1, -0.05) is 19.9 Å². The predicted molar refractivity (Wildman–Crippen MR) is 121 cm³/mol. The molecular formula is C20H36IN5. The largest absolute Gasteiger partial charge is 0.356 e.